The molecule has 0 unspecified atom stereocenters. The monoisotopic (exact) mass is 257 g/mol. The Morgan fingerprint density at radius 3 is 2.95 bits per heavy atom. The Balaban J connectivity index is 2.08. The second-order valence-corrected chi connectivity index (χ2v) is 4.69. The van der Waals surface area contributed by atoms with Gasteiger partial charge in [0, 0.05) is 18.3 Å². The number of nitrogen functional groups attached to an aromatic ring is 1. The summed E-state index contributed by atoms with van der Waals surface area (Å²) in [4.78, 5) is 16.0. The van der Waals surface area contributed by atoms with Gasteiger partial charge >= 0.3 is 5.97 Å². The van der Waals surface area contributed by atoms with E-state index >= 15 is 0 Å². The molecule has 3 rings (SSSR count). The van der Waals surface area contributed by atoms with Crippen molar-refractivity contribution in [3.8, 4) is 5.69 Å². The molecule has 1 heterocycles. The summed E-state index contributed by atoms with van der Waals surface area (Å²) < 4.78 is 6.69. The van der Waals surface area contributed by atoms with Crippen LogP contribution >= 0.6 is 0 Å². The van der Waals surface area contributed by atoms with Crippen molar-refractivity contribution in [1.82, 2.24) is 9.55 Å². The molecule has 0 radical (unpaired) electrons. The SMILES string of the molecule is COC(=O)c1ccc(N)c(-n2ccnc2C2CC2)c1. The molecule has 98 valence electrons. The van der Waals surface area contributed by atoms with Gasteiger partial charge in [0.25, 0.3) is 0 Å². The summed E-state index contributed by atoms with van der Waals surface area (Å²) in [5.41, 5.74) is 7.90. The minimum atomic E-state index is -0.366. The summed E-state index contributed by atoms with van der Waals surface area (Å²) >= 11 is 0. The van der Waals surface area contributed by atoms with Crippen LogP contribution in [0.1, 0.15) is 34.9 Å². The van der Waals surface area contributed by atoms with Gasteiger partial charge in [-0.05, 0) is 31.0 Å². The Labute approximate surface area is 111 Å². The van der Waals surface area contributed by atoms with Crippen LogP contribution in [-0.2, 0) is 4.74 Å². The van der Waals surface area contributed by atoms with E-state index in [1.165, 1.54) is 7.11 Å². The molecule has 1 saturated carbocycles. The maximum Gasteiger partial charge on any atom is 0.337 e. The number of hydrogen-bond acceptors (Lipinski definition) is 4. The fraction of sp³-hybridized carbons (Fsp3) is 0.286. The Bertz CT molecular complexity index is 629. The second kappa shape index (κ2) is 4.42. The largest absolute Gasteiger partial charge is 0.465 e. The van der Waals surface area contributed by atoms with Crippen LogP contribution in [0.5, 0.6) is 0 Å². The molecule has 1 aromatic heterocycles. The molecule has 2 aromatic rings. The summed E-state index contributed by atoms with van der Waals surface area (Å²) in [7, 11) is 1.37. The average molecular weight is 257 g/mol. The molecule has 2 N–H and O–H groups in total. The van der Waals surface area contributed by atoms with E-state index in [9.17, 15) is 4.79 Å². The van der Waals surface area contributed by atoms with E-state index in [1.807, 2.05) is 10.8 Å². The van der Waals surface area contributed by atoms with Crippen LogP contribution < -0.4 is 5.73 Å². The molecular formula is C14H15N3O2. The lowest BCUT2D eigenvalue weighted by Gasteiger charge is -2.11. The van der Waals surface area contributed by atoms with Gasteiger partial charge in [-0.1, -0.05) is 0 Å². The molecule has 0 saturated heterocycles. The highest BCUT2D eigenvalue weighted by molar-refractivity contribution is 5.91. The lowest BCUT2D eigenvalue weighted by atomic mass is 10.1. The zero-order valence-electron chi connectivity index (χ0n) is 10.7. The van der Waals surface area contributed by atoms with Crippen molar-refractivity contribution in [3.63, 3.8) is 0 Å². The molecule has 19 heavy (non-hydrogen) atoms. The Morgan fingerprint density at radius 1 is 1.47 bits per heavy atom. The predicted molar refractivity (Wildman–Crippen MR) is 71.3 cm³/mol. The molecule has 5 nitrogen and oxygen atoms in total. The normalized spacial score (nSPS) is 14.4. The van der Waals surface area contributed by atoms with Crippen molar-refractivity contribution >= 4 is 11.7 Å². The number of nitrogens with two attached hydrogens (primary N) is 1. The maximum absolute atomic E-state index is 11.6. The van der Waals surface area contributed by atoms with Gasteiger partial charge in [0.05, 0.1) is 24.0 Å². The lowest BCUT2D eigenvalue weighted by molar-refractivity contribution is 0.0600. The van der Waals surface area contributed by atoms with Crippen LogP contribution in [0.2, 0.25) is 0 Å². The molecule has 0 atom stereocenters. The zero-order valence-corrected chi connectivity index (χ0v) is 10.7. The fourth-order valence-electron chi connectivity index (χ4n) is 2.16. The number of carbonyl (C=O) groups excluding carboxylic acids is 1. The van der Waals surface area contributed by atoms with Gasteiger partial charge in [0.15, 0.2) is 0 Å². The standard InChI is InChI=1S/C14H15N3O2/c1-19-14(18)10-4-5-11(15)12(8-10)17-7-6-16-13(17)9-2-3-9/h4-9H,2-3,15H2,1H3. The van der Waals surface area contributed by atoms with E-state index in [2.05, 4.69) is 4.98 Å². The number of nitrogens with zero attached hydrogens (tertiary/aromatic N) is 2. The van der Waals surface area contributed by atoms with Gasteiger partial charge in [-0.15, -0.1) is 0 Å². The van der Waals surface area contributed by atoms with Crippen molar-refractivity contribution < 1.29 is 9.53 Å². The Hall–Kier alpha value is -2.30. The fourth-order valence-corrected chi connectivity index (χ4v) is 2.16. The topological polar surface area (TPSA) is 70.1 Å². The number of methoxy groups -OCH3 is 1. The van der Waals surface area contributed by atoms with Crippen LogP contribution in [-0.4, -0.2) is 22.6 Å². The lowest BCUT2D eigenvalue weighted by Crippen LogP contribution is -2.07. The second-order valence-electron chi connectivity index (χ2n) is 4.69. The summed E-state index contributed by atoms with van der Waals surface area (Å²) in [6.45, 7) is 0. The van der Waals surface area contributed by atoms with Gasteiger partial charge < -0.3 is 15.0 Å². The van der Waals surface area contributed by atoms with E-state index in [0.29, 0.717) is 17.2 Å². The molecule has 0 bridgehead atoms. The van der Waals surface area contributed by atoms with Crippen LogP contribution in [0.3, 0.4) is 0 Å². The first-order valence-electron chi connectivity index (χ1n) is 6.22. The van der Waals surface area contributed by atoms with E-state index in [4.69, 9.17) is 10.5 Å². The highest BCUT2D eigenvalue weighted by Gasteiger charge is 2.28. The molecule has 0 aliphatic heterocycles. The van der Waals surface area contributed by atoms with Crippen molar-refractivity contribution in [2.24, 2.45) is 0 Å². The van der Waals surface area contributed by atoms with E-state index in [1.54, 1.807) is 24.4 Å². The molecule has 5 heteroatoms. The zero-order chi connectivity index (χ0) is 13.4. The first-order valence-corrected chi connectivity index (χ1v) is 6.22. The van der Waals surface area contributed by atoms with Crippen molar-refractivity contribution in [3.05, 3.63) is 42.0 Å². The van der Waals surface area contributed by atoms with Crippen LogP contribution in [0.4, 0.5) is 5.69 Å². The molecular weight excluding hydrogens is 242 g/mol. The van der Waals surface area contributed by atoms with Crippen molar-refractivity contribution in [1.29, 1.82) is 0 Å². The number of hydrogen-bond donors (Lipinski definition) is 1. The number of imidazole rings is 1. The van der Waals surface area contributed by atoms with E-state index < -0.39 is 0 Å². The third kappa shape index (κ3) is 2.07. The van der Waals surface area contributed by atoms with E-state index in [-0.39, 0.29) is 5.97 Å². The molecule has 0 spiro atoms. The van der Waals surface area contributed by atoms with Gasteiger partial charge in [-0.25, -0.2) is 9.78 Å². The van der Waals surface area contributed by atoms with Crippen LogP contribution in [0.15, 0.2) is 30.6 Å². The summed E-state index contributed by atoms with van der Waals surface area (Å²) in [5.74, 6) is 1.15. The number of aromatic nitrogens is 2. The number of carbonyl (C=O) groups is 1. The molecule has 0 amide bonds. The summed E-state index contributed by atoms with van der Waals surface area (Å²) in [5, 5.41) is 0. The molecule has 1 fully saturated rings. The predicted octanol–water partition coefficient (Wildman–Crippen LogP) is 2.12. The first-order chi connectivity index (χ1) is 9.20. The van der Waals surface area contributed by atoms with Crippen LogP contribution in [0, 0.1) is 0 Å². The number of benzene rings is 1. The average Bonchev–Trinajstić information content (AvgIpc) is 3.16. The Kier molecular flexibility index (Phi) is 2.74. The van der Waals surface area contributed by atoms with Gasteiger partial charge in [-0.3, -0.25) is 0 Å². The number of ether oxygens (including phenoxy) is 1. The highest BCUT2D eigenvalue weighted by atomic mass is 16.5. The minimum Gasteiger partial charge on any atom is -0.465 e. The number of esters is 1. The van der Waals surface area contributed by atoms with Crippen LogP contribution in [0.25, 0.3) is 5.69 Å². The number of anilines is 1. The third-order valence-corrected chi connectivity index (χ3v) is 3.32. The van der Waals surface area contributed by atoms with Crippen molar-refractivity contribution in [2.45, 2.75) is 18.8 Å². The smallest absolute Gasteiger partial charge is 0.337 e. The first kappa shape index (κ1) is 11.8. The molecule has 1 aliphatic rings. The Morgan fingerprint density at radius 2 is 2.26 bits per heavy atom. The summed E-state index contributed by atoms with van der Waals surface area (Å²) in [6.07, 6.45) is 5.96. The quantitative estimate of drug-likeness (QED) is 0.675. The highest BCUT2D eigenvalue weighted by Crippen LogP contribution is 2.40. The van der Waals surface area contributed by atoms with Gasteiger partial charge in [-0.2, -0.15) is 0 Å². The molecule has 1 aromatic carbocycles. The summed E-state index contributed by atoms with van der Waals surface area (Å²) in [6, 6.07) is 5.13. The number of rotatable bonds is 3. The van der Waals surface area contributed by atoms with Crippen molar-refractivity contribution in [2.75, 3.05) is 12.8 Å². The van der Waals surface area contributed by atoms with Gasteiger partial charge in [0.1, 0.15) is 5.82 Å². The maximum atomic E-state index is 11.6. The molecule has 1 aliphatic carbocycles. The van der Waals surface area contributed by atoms with Gasteiger partial charge in [0.2, 0.25) is 0 Å². The third-order valence-electron chi connectivity index (χ3n) is 3.32. The van der Waals surface area contributed by atoms with E-state index in [0.717, 1.165) is 24.4 Å². The minimum absolute atomic E-state index is 0.366.